The van der Waals surface area contributed by atoms with Gasteiger partial charge in [0.25, 0.3) is 0 Å². The van der Waals surface area contributed by atoms with Crippen LogP contribution in [0.25, 0.3) is 0 Å². The number of fused-ring (bicyclic) bond motifs is 2. The molecule has 0 saturated heterocycles. The number of hydrogen-bond acceptors (Lipinski definition) is 3. The van der Waals surface area contributed by atoms with Crippen molar-refractivity contribution in [3.63, 3.8) is 0 Å². The molecule has 2 fully saturated rings. The van der Waals surface area contributed by atoms with Gasteiger partial charge in [0.2, 0.25) is 0 Å². The molecule has 2 saturated carbocycles. The number of carboxylic acids is 1. The van der Waals surface area contributed by atoms with Crippen LogP contribution in [0.5, 0.6) is 0 Å². The zero-order valence-electron chi connectivity index (χ0n) is 11.2. The Morgan fingerprint density at radius 3 is 2.50 bits per heavy atom. The molecule has 0 heterocycles. The lowest BCUT2D eigenvalue weighted by Gasteiger charge is -2.21. The number of carbonyl (C=O) groups is 2. The highest BCUT2D eigenvalue weighted by molar-refractivity contribution is 6.02. The zero-order valence-corrected chi connectivity index (χ0v) is 11.2. The molecule has 0 amide bonds. The van der Waals surface area contributed by atoms with Crippen molar-refractivity contribution in [2.75, 3.05) is 6.61 Å². The average molecular weight is 274 g/mol. The third kappa shape index (κ3) is 2.42. The summed E-state index contributed by atoms with van der Waals surface area (Å²) < 4.78 is 5.35. The van der Waals surface area contributed by atoms with Crippen LogP contribution in [0.4, 0.5) is 0 Å². The van der Waals surface area contributed by atoms with Crippen LogP contribution in [0.1, 0.15) is 46.4 Å². The molecule has 3 rings (SSSR count). The third-order valence-corrected chi connectivity index (χ3v) is 4.69. The van der Waals surface area contributed by atoms with Gasteiger partial charge in [-0.2, -0.15) is 0 Å². The molecule has 2 aliphatic rings. The van der Waals surface area contributed by atoms with E-state index in [0.717, 1.165) is 12.3 Å². The molecule has 2 bridgehead atoms. The van der Waals surface area contributed by atoms with Crippen LogP contribution < -0.4 is 0 Å². The van der Waals surface area contributed by atoms with Crippen molar-refractivity contribution in [1.82, 2.24) is 0 Å². The number of rotatable bonds is 4. The summed E-state index contributed by atoms with van der Waals surface area (Å²) in [6.45, 7) is 0.425. The fourth-order valence-electron chi connectivity index (χ4n) is 3.69. The first-order valence-electron chi connectivity index (χ1n) is 7.14. The van der Waals surface area contributed by atoms with Gasteiger partial charge in [-0.25, -0.2) is 9.59 Å². The number of carboxylic acid groups (broad SMARTS) is 1. The first-order chi connectivity index (χ1) is 9.65. The molecule has 1 N–H and O–H groups in total. The summed E-state index contributed by atoms with van der Waals surface area (Å²) in [4.78, 5) is 23.1. The molecule has 0 radical (unpaired) electrons. The van der Waals surface area contributed by atoms with Crippen molar-refractivity contribution in [2.45, 2.75) is 25.7 Å². The van der Waals surface area contributed by atoms with Crippen molar-refractivity contribution in [2.24, 2.45) is 17.8 Å². The lowest BCUT2D eigenvalue weighted by atomic mass is 9.89. The molecular formula is C16H18O4. The van der Waals surface area contributed by atoms with E-state index < -0.39 is 11.9 Å². The first-order valence-corrected chi connectivity index (χ1v) is 7.14. The molecule has 2 aliphatic carbocycles. The number of aromatic carboxylic acids is 1. The lowest BCUT2D eigenvalue weighted by molar-refractivity contribution is 0.0387. The number of esters is 1. The predicted molar refractivity (Wildman–Crippen MR) is 72.6 cm³/mol. The average Bonchev–Trinajstić information content (AvgIpc) is 3.07. The number of carbonyl (C=O) groups excluding carboxylic acids is 1. The molecule has 1 aromatic carbocycles. The first kappa shape index (κ1) is 13.2. The summed E-state index contributed by atoms with van der Waals surface area (Å²) in [5.74, 6) is 0.357. The molecule has 4 heteroatoms. The topological polar surface area (TPSA) is 63.6 Å². The van der Waals surface area contributed by atoms with E-state index in [-0.39, 0.29) is 11.1 Å². The van der Waals surface area contributed by atoms with Crippen LogP contribution >= 0.6 is 0 Å². The summed E-state index contributed by atoms with van der Waals surface area (Å²) in [5, 5.41) is 9.07. The van der Waals surface area contributed by atoms with Gasteiger partial charge >= 0.3 is 11.9 Å². The Kier molecular flexibility index (Phi) is 3.47. The Balaban J connectivity index is 1.64. The van der Waals surface area contributed by atoms with Crippen molar-refractivity contribution < 1.29 is 19.4 Å². The quantitative estimate of drug-likeness (QED) is 0.857. The van der Waals surface area contributed by atoms with E-state index in [4.69, 9.17) is 9.84 Å². The molecule has 0 unspecified atom stereocenters. The minimum atomic E-state index is -1.10. The fourth-order valence-corrected chi connectivity index (χ4v) is 3.69. The van der Waals surface area contributed by atoms with E-state index in [1.54, 1.807) is 12.1 Å². The van der Waals surface area contributed by atoms with Crippen LogP contribution in [-0.2, 0) is 4.74 Å². The van der Waals surface area contributed by atoms with Crippen molar-refractivity contribution in [3.8, 4) is 0 Å². The van der Waals surface area contributed by atoms with Gasteiger partial charge in [0.05, 0.1) is 17.7 Å². The van der Waals surface area contributed by atoms with Crippen LogP contribution in [0.2, 0.25) is 0 Å². The predicted octanol–water partition coefficient (Wildman–Crippen LogP) is 2.98. The van der Waals surface area contributed by atoms with E-state index in [1.165, 1.54) is 31.4 Å². The number of benzene rings is 1. The van der Waals surface area contributed by atoms with Crippen molar-refractivity contribution >= 4 is 11.9 Å². The van der Waals surface area contributed by atoms with E-state index in [1.807, 2.05) is 0 Å². The number of ether oxygens (including phenoxy) is 1. The monoisotopic (exact) mass is 274 g/mol. The maximum absolute atomic E-state index is 12.0. The smallest absolute Gasteiger partial charge is 0.339 e. The van der Waals surface area contributed by atoms with Crippen molar-refractivity contribution in [3.05, 3.63) is 35.4 Å². The molecule has 4 nitrogen and oxygen atoms in total. The summed E-state index contributed by atoms with van der Waals surface area (Å²) in [5.41, 5.74) is 0.147. The van der Waals surface area contributed by atoms with E-state index in [0.29, 0.717) is 18.4 Å². The summed E-state index contributed by atoms with van der Waals surface area (Å²) >= 11 is 0. The fraction of sp³-hybridized carbons (Fsp3) is 0.500. The Labute approximate surface area is 117 Å². The number of hydrogen-bond donors (Lipinski definition) is 1. The minimum Gasteiger partial charge on any atom is -0.478 e. The maximum Gasteiger partial charge on any atom is 0.339 e. The van der Waals surface area contributed by atoms with Gasteiger partial charge in [-0.05, 0) is 49.1 Å². The van der Waals surface area contributed by atoms with Gasteiger partial charge in [0.15, 0.2) is 0 Å². The van der Waals surface area contributed by atoms with Crippen LogP contribution in [0, 0.1) is 17.8 Å². The van der Waals surface area contributed by atoms with Gasteiger partial charge in [-0.15, -0.1) is 0 Å². The van der Waals surface area contributed by atoms with Crippen molar-refractivity contribution in [1.29, 1.82) is 0 Å². The molecular weight excluding hydrogens is 256 g/mol. The molecule has 106 valence electrons. The second kappa shape index (κ2) is 5.27. The Morgan fingerprint density at radius 1 is 1.15 bits per heavy atom. The lowest BCUT2D eigenvalue weighted by Crippen LogP contribution is -2.20. The van der Waals surface area contributed by atoms with Gasteiger partial charge < -0.3 is 9.84 Å². The molecule has 0 aliphatic heterocycles. The summed E-state index contributed by atoms with van der Waals surface area (Å²) in [7, 11) is 0. The Bertz CT molecular complexity index is 537. The normalized spacial score (nSPS) is 27.5. The van der Waals surface area contributed by atoms with E-state index in [2.05, 4.69) is 0 Å². The Hall–Kier alpha value is -1.84. The van der Waals surface area contributed by atoms with Crippen LogP contribution in [0.15, 0.2) is 24.3 Å². The zero-order chi connectivity index (χ0) is 14.1. The molecule has 1 aromatic rings. The molecule has 3 atom stereocenters. The van der Waals surface area contributed by atoms with E-state index >= 15 is 0 Å². The maximum atomic E-state index is 12.0. The van der Waals surface area contributed by atoms with Gasteiger partial charge in [-0.3, -0.25) is 0 Å². The largest absolute Gasteiger partial charge is 0.478 e. The minimum absolute atomic E-state index is 0.00504. The highest BCUT2D eigenvalue weighted by atomic mass is 16.5. The van der Waals surface area contributed by atoms with Gasteiger partial charge in [0, 0.05) is 0 Å². The van der Waals surface area contributed by atoms with Gasteiger partial charge in [-0.1, -0.05) is 18.6 Å². The van der Waals surface area contributed by atoms with Crippen LogP contribution in [-0.4, -0.2) is 23.7 Å². The SMILES string of the molecule is O=C(O)c1ccccc1C(=O)OC[C@H]1C[C@H]2CC[C@@H]1C2. The third-order valence-electron chi connectivity index (χ3n) is 4.69. The molecule has 0 aromatic heterocycles. The van der Waals surface area contributed by atoms with Gasteiger partial charge in [0.1, 0.15) is 0 Å². The summed E-state index contributed by atoms with van der Waals surface area (Å²) in [6, 6.07) is 6.19. The van der Waals surface area contributed by atoms with E-state index in [9.17, 15) is 9.59 Å². The Morgan fingerprint density at radius 2 is 1.90 bits per heavy atom. The van der Waals surface area contributed by atoms with Crippen LogP contribution in [0.3, 0.4) is 0 Å². The summed E-state index contributed by atoms with van der Waals surface area (Å²) in [6.07, 6.45) is 4.99. The highest BCUT2D eigenvalue weighted by Crippen LogP contribution is 2.48. The molecule has 0 spiro atoms. The highest BCUT2D eigenvalue weighted by Gasteiger charge is 2.40. The molecule has 20 heavy (non-hydrogen) atoms. The second-order valence-electron chi connectivity index (χ2n) is 5.88. The standard InChI is InChI=1S/C16H18O4/c17-15(18)13-3-1-2-4-14(13)16(19)20-9-12-8-10-5-6-11(12)7-10/h1-4,10-12H,5-9H2,(H,17,18)/t10-,11+,12+/m0/s1. The second-order valence-corrected chi connectivity index (χ2v) is 5.88.